The van der Waals surface area contributed by atoms with Gasteiger partial charge >= 0.3 is 5.97 Å². The predicted molar refractivity (Wildman–Crippen MR) is 73.6 cm³/mol. The first-order chi connectivity index (χ1) is 8.25. The Morgan fingerprint density at radius 2 is 1.89 bits per heavy atom. The maximum atomic E-state index is 11.8. The van der Waals surface area contributed by atoms with E-state index in [1.807, 2.05) is 27.8 Å². The van der Waals surface area contributed by atoms with E-state index in [4.69, 9.17) is 9.47 Å². The average Bonchev–Trinajstić information content (AvgIpc) is 2.25. The minimum atomic E-state index is -0.444. The van der Waals surface area contributed by atoms with Crippen LogP contribution in [-0.2, 0) is 14.3 Å². The lowest BCUT2D eigenvalue weighted by atomic mass is 9.92. The highest BCUT2D eigenvalue weighted by Crippen LogP contribution is 2.18. The van der Waals surface area contributed by atoms with Gasteiger partial charge in [-0.2, -0.15) is 0 Å². The molecule has 0 aromatic carbocycles. The zero-order valence-corrected chi connectivity index (χ0v) is 12.9. The van der Waals surface area contributed by atoms with E-state index in [1.165, 1.54) is 0 Å². The molecule has 0 bridgehead atoms. The molecule has 0 aliphatic rings. The van der Waals surface area contributed by atoms with Crippen molar-refractivity contribution in [1.82, 2.24) is 5.32 Å². The number of carbonyl (C=O) groups excluding carboxylic acids is 1. The fraction of sp³-hybridized carbons (Fsp3) is 0.929. The second kappa shape index (κ2) is 7.74. The Balaban J connectivity index is 4.53. The standard InChI is InChI=1S/C14H29NO3/c1-8-10(2)13(15-6)11(17-7)9-12(16)18-14(3,4)5/h10-11,13,15H,8-9H2,1-7H3/t10-,11+,13?/m0/s1. The van der Waals surface area contributed by atoms with Crippen LogP contribution in [-0.4, -0.2) is 37.9 Å². The fourth-order valence-corrected chi connectivity index (χ4v) is 2.00. The van der Waals surface area contributed by atoms with Crippen molar-refractivity contribution >= 4 is 5.97 Å². The van der Waals surface area contributed by atoms with Gasteiger partial charge in [-0.1, -0.05) is 20.3 Å². The lowest BCUT2D eigenvalue weighted by molar-refractivity contribution is -0.158. The number of nitrogens with one attached hydrogen (secondary N) is 1. The molecule has 1 N–H and O–H groups in total. The van der Waals surface area contributed by atoms with Crippen LogP contribution in [0.1, 0.15) is 47.5 Å². The highest BCUT2D eigenvalue weighted by Gasteiger charge is 2.28. The van der Waals surface area contributed by atoms with Gasteiger partial charge in [0.1, 0.15) is 5.60 Å². The van der Waals surface area contributed by atoms with E-state index < -0.39 is 5.60 Å². The predicted octanol–water partition coefficient (Wildman–Crippen LogP) is 2.37. The zero-order chi connectivity index (χ0) is 14.3. The summed E-state index contributed by atoms with van der Waals surface area (Å²) in [5.74, 6) is 0.236. The Morgan fingerprint density at radius 1 is 1.33 bits per heavy atom. The third-order valence-corrected chi connectivity index (χ3v) is 3.08. The van der Waals surface area contributed by atoms with Crippen molar-refractivity contribution in [1.29, 1.82) is 0 Å². The molecule has 1 unspecified atom stereocenters. The molecule has 0 heterocycles. The van der Waals surface area contributed by atoms with Gasteiger partial charge in [-0.3, -0.25) is 4.79 Å². The van der Waals surface area contributed by atoms with Gasteiger partial charge < -0.3 is 14.8 Å². The minimum Gasteiger partial charge on any atom is -0.460 e. The molecule has 3 atom stereocenters. The smallest absolute Gasteiger partial charge is 0.309 e. The molecule has 0 saturated heterocycles. The molecule has 0 fully saturated rings. The number of ether oxygens (including phenoxy) is 2. The summed E-state index contributed by atoms with van der Waals surface area (Å²) < 4.78 is 10.8. The number of hydrogen-bond acceptors (Lipinski definition) is 4. The van der Waals surface area contributed by atoms with Crippen molar-refractivity contribution in [2.24, 2.45) is 5.92 Å². The zero-order valence-electron chi connectivity index (χ0n) is 12.9. The number of rotatable bonds is 7. The molecule has 0 aliphatic heterocycles. The quantitative estimate of drug-likeness (QED) is 0.713. The second-order valence-electron chi connectivity index (χ2n) is 5.76. The summed E-state index contributed by atoms with van der Waals surface area (Å²) in [6.45, 7) is 9.91. The molecular weight excluding hydrogens is 230 g/mol. The van der Waals surface area contributed by atoms with Gasteiger partial charge in [0.2, 0.25) is 0 Å². The third kappa shape index (κ3) is 6.36. The van der Waals surface area contributed by atoms with Gasteiger partial charge in [0.05, 0.1) is 12.5 Å². The first kappa shape index (κ1) is 17.4. The Bertz CT molecular complexity index is 248. The molecule has 0 saturated carbocycles. The molecule has 0 aromatic rings. The largest absolute Gasteiger partial charge is 0.460 e. The van der Waals surface area contributed by atoms with Crippen LogP contribution in [0.25, 0.3) is 0 Å². The lowest BCUT2D eigenvalue weighted by Crippen LogP contribution is -2.45. The van der Waals surface area contributed by atoms with Gasteiger partial charge in [-0.15, -0.1) is 0 Å². The van der Waals surface area contributed by atoms with E-state index in [1.54, 1.807) is 7.11 Å². The Hall–Kier alpha value is -0.610. The van der Waals surface area contributed by atoms with Crippen molar-refractivity contribution < 1.29 is 14.3 Å². The molecule has 0 radical (unpaired) electrons. The van der Waals surface area contributed by atoms with Crippen molar-refractivity contribution in [2.75, 3.05) is 14.2 Å². The number of carbonyl (C=O) groups is 1. The van der Waals surface area contributed by atoms with Gasteiger partial charge in [0.25, 0.3) is 0 Å². The van der Waals surface area contributed by atoms with E-state index in [0.717, 1.165) is 6.42 Å². The Labute approximate surface area is 111 Å². The van der Waals surface area contributed by atoms with E-state index in [9.17, 15) is 4.79 Å². The summed E-state index contributed by atoms with van der Waals surface area (Å²) in [7, 11) is 3.54. The fourth-order valence-electron chi connectivity index (χ4n) is 2.00. The number of methoxy groups -OCH3 is 1. The molecule has 108 valence electrons. The third-order valence-electron chi connectivity index (χ3n) is 3.08. The monoisotopic (exact) mass is 259 g/mol. The SMILES string of the molecule is CC[C@H](C)C(NC)[C@@H](CC(=O)OC(C)(C)C)OC. The van der Waals surface area contributed by atoms with Crippen LogP contribution in [0.2, 0.25) is 0 Å². The molecule has 0 amide bonds. The van der Waals surface area contributed by atoms with Crippen LogP contribution in [0, 0.1) is 5.92 Å². The van der Waals surface area contributed by atoms with Crippen LogP contribution in [0.4, 0.5) is 0 Å². The van der Waals surface area contributed by atoms with Crippen LogP contribution in [0.3, 0.4) is 0 Å². The molecule has 0 aromatic heterocycles. The summed E-state index contributed by atoms with van der Waals surface area (Å²) >= 11 is 0. The van der Waals surface area contributed by atoms with Gasteiger partial charge in [0, 0.05) is 13.2 Å². The van der Waals surface area contributed by atoms with Crippen LogP contribution in [0.15, 0.2) is 0 Å². The lowest BCUT2D eigenvalue weighted by Gasteiger charge is -2.30. The molecular formula is C14H29NO3. The maximum Gasteiger partial charge on any atom is 0.309 e. The van der Waals surface area contributed by atoms with Gasteiger partial charge in [0.15, 0.2) is 0 Å². The Kier molecular flexibility index (Phi) is 7.48. The van der Waals surface area contributed by atoms with E-state index in [-0.39, 0.29) is 24.5 Å². The maximum absolute atomic E-state index is 11.8. The summed E-state index contributed by atoms with van der Waals surface area (Å²) in [5.41, 5.74) is -0.444. The van der Waals surface area contributed by atoms with Crippen molar-refractivity contribution in [3.63, 3.8) is 0 Å². The van der Waals surface area contributed by atoms with Crippen LogP contribution < -0.4 is 5.32 Å². The molecule has 4 heteroatoms. The van der Waals surface area contributed by atoms with E-state index >= 15 is 0 Å². The first-order valence-electron chi connectivity index (χ1n) is 6.67. The van der Waals surface area contributed by atoms with Crippen LogP contribution in [0.5, 0.6) is 0 Å². The van der Waals surface area contributed by atoms with Gasteiger partial charge in [-0.05, 0) is 33.7 Å². The summed E-state index contributed by atoms with van der Waals surface area (Å²) in [6, 6.07) is 0.160. The molecule has 0 aliphatic carbocycles. The number of likely N-dealkylation sites (N-methyl/N-ethyl adjacent to an activating group) is 1. The first-order valence-corrected chi connectivity index (χ1v) is 6.67. The number of esters is 1. The highest BCUT2D eigenvalue weighted by molar-refractivity contribution is 5.70. The summed E-state index contributed by atoms with van der Waals surface area (Å²) in [5, 5.41) is 3.24. The van der Waals surface area contributed by atoms with Gasteiger partial charge in [-0.25, -0.2) is 0 Å². The molecule has 0 rings (SSSR count). The van der Waals surface area contributed by atoms with Crippen molar-refractivity contribution in [3.8, 4) is 0 Å². The van der Waals surface area contributed by atoms with Crippen molar-refractivity contribution in [2.45, 2.75) is 65.2 Å². The highest BCUT2D eigenvalue weighted by atomic mass is 16.6. The Morgan fingerprint density at radius 3 is 2.22 bits per heavy atom. The van der Waals surface area contributed by atoms with Crippen LogP contribution >= 0.6 is 0 Å². The van der Waals surface area contributed by atoms with E-state index in [2.05, 4.69) is 19.2 Å². The average molecular weight is 259 g/mol. The second-order valence-corrected chi connectivity index (χ2v) is 5.76. The minimum absolute atomic E-state index is 0.153. The molecule has 0 spiro atoms. The number of hydrogen-bond donors (Lipinski definition) is 1. The normalized spacial score (nSPS) is 17.1. The van der Waals surface area contributed by atoms with Crippen molar-refractivity contribution in [3.05, 3.63) is 0 Å². The molecule has 18 heavy (non-hydrogen) atoms. The molecule has 4 nitrogen and oxygen atoms in total. The summed E-state index contributed by atoms with van der Waals surface area (Å²) in [4.78, 5) is 11.8. The van der Waals surface area contributed by atoms with E-state index in [0.29, 0.717) is 5.92 Å². The topological polar surface area (TPSA) is 47.6 Å². The summed E-state index contributed by atoms with van der Waals surface area (Å²) in [6.07, 6.45) is 1.17.